The van der Waals surface area contributed by atoms with E-state index in [1.807, 2.05) is 45.0 Å². The highest BCUT2D eigenvalue weighted by atomic mass is 35.5. The van der Waals surface area contributed by atoms with Crippen LogP contribution in [0, 0.1) is 0 Å². The zero-order chi connectivity index (χ0) is 25.6. The fourth-order valence-electron chi connectivity index (χ4n) is 5.34. The minimum Gasteiger partial charge on any atom is -0.444 e. The van der Waals surface area contributed by atoms with Crippen LogP contribution in [0.2, 0.25) is 5.02 Å². The topological polar surface area (TPSA) is 66.7 Å². The van der Waals surface area contributed by atoms with Gasteiger partial charge in [-0.1, -0.05) is 17.7 Å². The molecule has 2 saturated heterocycles. The van der Waals surface area contributed by atoms with E-state index in [1.54, 1.807) is 11.2 Å². The Morgan fingerprint density at radius 1 is 1.08 bits per heavy atom. The number of amides is 1. The van der Waals surface area contributed by atoms with Gasteiger partial charge in [0, 0.05) is 55.2 Å². The lowest BCUT2D eigenvalue weighted by atomic mass is 10.1. The van der Waals surface area contributed by atoms with Gasteiger partial charge in [-0.3, -0.25) is 4.57 Å². The Morgan fingerprint density at radius 2 is 1.89 bits per heavy atom. The van der Waals surface area contributed by atoms with Crippen molar-refractivity contribution in [2.24, 2.45) is 0 Å². The number of carbonyl (C=O) groups is 1. The molecule has 8 nitrogen and oxygen atoms in total. The summed E-state index contributed by atoms with van der Waals surface area (Å²) in [6.45, 7) is 12.9. The van der Waals surface area contributed by atoms with E-state index in [-0.39, 0.29) is 12.1 Å². The summed E-state index contributed by atoms with van der Waals surface area (Å²) in [6.07, 6.45) is 5.89. The Bertz CT molecular complexity index is 1270. The second kappa shape index (κ2) is 9.47. The van der Waals surface area contributed by atoms with Crippen molar-refractivity contribution in [3.05, 3.63) is 41.8 Å². The number of hydrogen-bond donors (Lipinski definition) is 0. The van der Waals surface area contributed by atoms with Crippen LogP contribution in [0.1, 0.15) is 47.5 Å². The van der Waals surface area contributed by atoms with Crippen LogP contribution in [-0.2, 0) is 4.74 Å². The minimum absolute atomic E-state index is 0.0720. The third kappa shape index (κ3) is 4.71. The molecule has 0 unspecified atom stereocenters. The lowest BCUT2D eigenvalue weighted by molar-refractivity contribution is 0.0218. The Morgan fingerprint density at radius 3 is 2.56 bits per heavy atom. The first kappa shape index (κ1) is 24.7. The molecule has 1 aromatic carbocycles. The summed E-state index contributed by atoms with van der Waals surface area (Å²) in [5, 5.41) is 1.73. The number of halogens is 1. The summed E-state index contributed by atoms with van der Waals surface area (Å²) in [5.74, 6) is 0.909. The Balaban J connectivity index is 1.55. The second-order valence-corrected chi connectivity index (χ2v) is 11.3. The van der Waals surface area contributed by atoms with Crippen molar-refractivity contribution in [1.82, 2.24) is 19.4 Å². The Labute approximate surface area is 217 Å². The molecular weight excluding hydrogens is 476 g/mol. The van der Waals surface area contributed by atoms with Crippen LogP contribution in [0.3, 0.4) is 0 Å². The van der Waals surface area contributed by atoms with Crippen LogP contribution in [0.15, 0.2) is 36.8 Å². The van der Waals surface area contributed by atoms with Crippen LogP contribution in [0.25, 0.3) is 16.7 Å². The summed E-state index contributed by atoms with van der Waals surface area (Å²) in [5.41, 5.74) is 2.46. The molecule has 2 atom stereocenters. The Hall–Kier alpha value is -3.00. The molecule has 5 rings (SSSR count). The van der Waals surface area contributed by atoms with Crippen molar-refractivity contribution in [3.63, 3.8) is 0 Å². The highest BCUT2D eigenvalue weighted by molar-refractivity contribution is 6.30. The fraction of sp³-hybridized carbons (Fsp3) is 0.519. The molecule has 3 aromatic rings. The van der Waals surface area contributed by atoms with Gasteiger partial charge < -0.3 is 19.4 Å². The summed E-state index contributed by atoms with van der Waals surface area (Å²) >= 11 is 6.35. The largest absolute Gasteiger partial charge is 0.444 e. The van der Waals surface area contributed by atoms with Gasteiger partial charge in [-0.2, -0.15) is 0 Å². The summed E-state index contributed by atoms with van der Waals surface area (Å²) < 4.78 is 7.74. The number of anilines is 2. The fourth-order valence-corrected chi connectivity index (χ4v) is 5.53. The van der Waals surface area contributed by atoms with Crippen molar-refractivity contribution < 1.29 is 9.53 Å². The van der Waals surface area contributed by atoms with Crippen LogP contribution >= 0.6 is 11.6 Å². The number of carbonyl (C=O) groups excluding carboxylic acids is 1. The van der Waals surface area contributed by atoms with Crippen molar-refractivity contribution in [3.8, 4) is 5.69 Å². The van der Waals surface area contributed by atoms with Crippen LogP contribution in [-0.4, -0.2) is 69.4 Å². The van der Waals surface area contributed by atoms with Gasteiger partial charge in [-0.05, 0) is 65.7 Å². The van der Waals surface area contributed by atoms with Gasteiger partial charge in [0.1, 0.15) is 17.7 Å². The number of aromatic nitrogens is 3. The lowest BCUT2D eigenvalue weighted by Crippen LogP contribution is -2.54. The van der Waals surface area contributed by atoms with E-state index < -0.39 is 5.60 Å². The first-order valence-corrected chi connectivity index (χ1v) is 13.1. The second-order valence-electron chi connectivity index (χ2n) is 10.9. The Kier molecular flexibility index (Phi) is 6.49. The molecule has 36 heavy (non-hydrogen) atoms. The van der Waals surface area contributed by atoms with Crippen LogP contribution in [0.4, 0.5) is 16.3 Å². The van der Waals surface area contributed by atoms with Crippen molar-refractivity contribution >= 4 is 40.2 Å². The number of ether oxygens (including phenoxy) is 1. The molecule has 0 radical (unpaired) electrons. The molecule has 0 aliphatic carbocycles. The summed E-state index contributed by atoms with van der Waals surface area (Å²) in [7, 11) is 0. The molecule has 0 saturated carbocycles. The van der Waals surface area contributed by atoms with Crippen molar-refractivity contribution in [1.29, 1.82) is 0 Å². The number of hydrogen-bond acceptors (Lipinski definition) is 6. The molecule has 9 heteroatoms. The zero-order valence-corrected chi connectivity index (χ0v) is 22.5. The molecule has 4 heterocycles. The van der Waals surface area contributed by atoms with E-state index in [1.165, 1.54) is 6.42 Å². The average molecular weight is 511 g/mol. The van der Waals surface area contributed by atoms with Gasteiger partial charge in [0.05, 0.1) is 11.1 Å². The number of piperazine rings is 1. The predicted molar refractivity (Wildman–Crippen MR) is 145 cm³/mol. The maximum absolute atomic E-state index is 12.7. The molecule has 2 aliphatic heterocycles. The monoisotopic (exact) mass is 510 g/mol. The van der Waals surface area contributed by atoms with Crippen molar-refractivity contribution in [2.75, 3.05) is 36.0 Å². The molecule has 2 aliphatic rings. The zero-order valence-electron chi connectivity index (χ0n) is 21.7. The third-order valence-electron chi connectivity index (χ3n) is 7.04. The quantitative estimate of drug-likeness (QED) is 0.463. The summed E-state index contributed by atoms with van der Waals surface area (Å²) in [6, 6.07) is 8.36. The molecule has 192 valence electrons. The number of benzene rings is 1. The van der Waals surface area contributed by atoms with Gasteiger partial charge >= 0.3 is 6.09 Å². The van der Waals surface area contributed by atoms with Gasteiger partial charge in [0.25, 0.3) is 0 Å². The van der Waals surface area contributed by atoms with Gasteiger partial charge in [0.15, 0.2) is 5.65 Å². The molecule has 2 fully saturated rings. The van der Waals surface area contributed by atoms with Crippen molar-refractivity contribution in [2.45, 2.75) is 65.1 Å². The standard InChI is InChI=1S/C27H35ClN6O2/c1-18-8-7-11-32(18)22-16-34(21-10-6-9-20(28)14-21)25-23(22)24(29-17-30-25)33-13-12-31(15-19(33)2)26(35)36-27(3,4)5/h6,9-10,14,16-19H,7-8,11-13,15H2,1-5H3/t18-,19+/m1/s1. The van der Waals surface area contributed by atoms with Crippen LogP contribution < -0.4 is 9.80 Å². The summed E-state index contributed by atoms with van der Waals surface area (Å²) in [4.78, 5) is 28.8. The number of fused-ring (bicyclic) bond motifs is 1. The minimum atomic E-state index is -0.513. The molecule has 1 amide bonds. The molecule has 0 bridgehead atoms. The first-order chi connectivity index (χ1) is 17.1. The molecule has 2 aromatic heterocycles. The highest BCUT2D eigenvalue weighted by Gasteiger charge is 2.33. The highest BCUT2D eigenvalue weighted by Crippen LogP contribution is 2.40. The van der Waals surface area contributed by atoms with Gasteiger partial charge in [0.2, 0.25) is 0 Å². The van der Waals surface area contributed by atoms with E-state index in [9.17, 15) is 4.79 Å². The number of nitrogens with zero attached hydrogens (tertiary/aromatic N) is 6. The maximum atomic E-state index is 12.7. The average Bonchev–Trinajstić information content (AvgIpc) is 3.41. The van der Waals surface area contributed by atoms with E-state index in [0.29, 0.717) is 30.7 Å². The van der Waals surface area contributed by atoms with Gasteiger partial charge in [-0.15, -0.1) is 0 Å². The maximum Gasteiger partial charge on any atom is 0.410 e. The van der Waals surface area contributed by atoms with Crippen LogP contribution in [0.5, 0.6) is 0 Å². The van der Waals surface area contributed by atoms with E-state index in [4.69, 9.17) is 26.3 Å². The smallest absolute Gasteiger partial charge is 0.410 e. The van der Waals surface area contributed by atoms with E-state index >= 15 is 0 Å². The van der Waals surface area contributed by atoms with E-state index in [2.05, 4.69) is 34.4 Å². The van der Waals surface area contributed by atoms with Gasteiger partial charge in [-0.25, -0.2) is 14.8 Å². The molecule has 0 spiro atoms. The SMILES string of the molecule is C[C@@H]1CCCN1c1cn(-c2cccc(Cl)c2)c2ncnc(N3CCN(C(=O)OC(C)(C)C)C[C@@H]3C)c12. The first-order valence-electron chi connectivity index (χ1n) is 12.8. The van der Waals surface area contributed by atoms with E-state index in [0.717, 1.165) is 41.2 Å². The lowest BCUT2D eigenvalue weighted by Gasteiger charge is -2.41. The number of rotatable bonds is 3. The predicted octanol–water partition coefficient (Wildman–Crippen LogP) is 5.51. The normalized spacial score (nSPS) is 20.9. The third-order valence-corrected chi connectivity index (χ3v) is 7.28. The molecular formula is C27H35ClN6O2. The molecule has 0 N–H and O–H groups in total.